The molecule has 1 amide bonds. The molecule has 1 fully saturated rings. The zero-order valence-corrected chi connectivity index (χ0v) is 20.0. The minimum Gasteiger partial charge on any atom is -0.374 e. The van der Waals surface area contributed by atoms with Crippen molar-refractivity contribution in [3.63, 3.8) is 0 Å². The molecule has 0 spiro atoms. The predicted octanol–water partition coefficient (Wildman–Crippen LogP) is 6.06. The summed E-state index contributed by atoms with van der Waals surface area (Å²) in [6.07, 6.45) is -5.43. The molecule has 5 nitrogen and oxygen atoms in total. The molecule has 2 aliphatic rings. The van der Waals surface area contributed by atoms with E-state index in [9.17, 15) is 18.0 Å². The second-order valence-corrected chi connectivity index (χ2v) is 9.37. The summed E-state index contributed by atoms with van der Waals surface area (Å²) >= 11 is 24.2. The van der Waals surface area contributed by atoms with E-state index in [2.05, 4.69) is 10.5 Å². The van der Waals surface area contributed by atoms with Gasteiger partial charge >= 0.3 is 6.18 Å². The Morgan fingerprint density at radius 2 is 1.76 bits per heavy atom. The summed E-state index contributed by atoms with van der Waals surface area (Å²) in [6, 6.07) is 6.98. The molecule has 4 rings (SSSR count). The highest BCUT2D eigenvalue weighted by Gasteiger charge is 2.62. The van der Waals surface area contributed by atoms with E-state index in [-0.39, 0.29) is 38.2 Å². The second-order valence-electron chi connectivity index (χ2n) is 7.77. The predicted molar refractivity (Wildman–Crippen MR) is 123 cm³/mol. The minimum absolute atomic E-state index is 0.0504. The number of amides is 1. The van der Waals surface area contributed by atoms with Crippen molar-refractivity contribution in [2.45, 2.75) is 18.2 Å². The Labute approximate surface area is 207 Å². The molecule has 1 atom stereocenters. The van der Waals surface area contributed by atoms with E-state index in [0.717, 1.165) is 12.1 Å². The highest BCUT2D eigenvalue weighted by Crippen LogP contribution is 2.50. The number of halogens is 7. The van der Waals surface area contributed by atoms with Crippen LogP contribution >= 0.6 is 46.4 Å². The Morgan fingerprint density at radius 3 is 2.30 bits per heavy atom. The van der Waals surface area contributed by atoms with Gasteiger partial charge in [-0.2, -0.15) is 13.2 Å². The Morgan fingerprint density at radius 1 is 1.12 bits per heavy atom. The highest BCUT2D eigenvalue weighted by atomic mass is 35.5. The summed E-state index contributed by atoms with van der Waals surface area (Å²) < 4.78 is 42.6. The van der Waals surface area contributed by atoms with Gasteiger partial charge in [-0.3, -0.25) is 4.79 Å². The number of hydrogen-bond donors (Lipinski definition) is 1. The van der Waals surface area contributed by atoms with Gasteiger partial charge in [-0.05, 0) is 24.3 Å². The fraction of sp³-hybridized carbons (Fsp3) is 0.333. The number of hydrogen-bond acceptors (Lipinski definition) is 4. The van der Waals surface area contributed by atoms with Crippen LogP contribution in [0.15, 0.2) is 35.5 Å². The Kier molecular flexibility index (Phi) is 6.41. The number of nitrogens with one attached hydrogen (secondary N) is 1. The van der Waals surface area contributed by atoms with Crippen LogP contribution in [0.3, 0.4) is 0 Å². The number of carbonyl (C=O) groups excluding carboxylic acids is 1. The zero-order chi connectivity index (χ0) is 24.1. The third kappa shape index (κ3) is 4.22. The molecule has 2 aromatic rings. The van der Waals surface area contributed by atoms with Crippen LogP contribution in [0.2, 0.25) is 20.1 Å². The maximum atomic E-state index is 14.2. The summed E-state index contributed by atoms with van der Waals surface area (Å²) in [5, 5.41) is 6.35. The van der Waals surface area contributed by atoms with Crippen molar-refractivity contribution in [1.82, 2.24) is 5.32 Å². The van der Waals surface area contributed by atoms with Gasteiger partial charge in [-0.25, -0.2) is 0 Å². The number of carbonyl (C=O) groups is 1. The van der Waals surface area contributed by atoms with E-state index in [1.807, 2.05) is 4.90 Å². The third-order valence-corrected chi connectivity index (χ3v) is 7.26. The van der Waals surface area contributed by atoms with Crippen molar-refractivity contribution in [1.29, 1.82) is 0 Å². The number of nitrogens with zero attached hydrogens (tertiary/aromatic N) is 2. The SMILES string of the molecule is CNC(=O)C1CN(c2ccc(C3=NOC(c4cc(Cl)c(Cl)c(Cl)c4)(C(F)(F)F)C3)cc2Cl)C1. The zero-order valence-electron chi connectivity index (χ0n) is 16.9. The Balaban J connectivity index is 1.59. The van der Waals surface area contributed by atoms with Gasteiger partial charge in [0.25, 0.3) is 5.60 Å². The minimum atomic E-state index is -4.82. The molecule has 0 aliphatic carbocycles. The van der Waals surface area contributed by atoms with Gasteiger partial charge in [0.15, 0.2) is 0 Å². The monoisotopic (exact) mass is 539 g/mol. The van der Waals surface area contributed by atoms with E-state index >= 15 is 0 Å². The summed E-state index contributed by atoms with van der Waals surface area (Å²) in [4.78, 5) is 18.6. The summed E-state index contributed by atoms with van der Waals surface area (Å²) in [5.74, 6) is -0.189. The van der Waals surface area contributed by atoms with Gasteiger partial charge in [0, 0.05) is 37.7 Å². The Hall–Kier alpha value is -1.87. The fourth-order valence-electron chi connectivity index (χ4n) is 3.84. The first kappa shape index (κ1) is 24.3. The summed E-state index contributed by atoms with van der Waals surface area (Å²) in [6.45, 7) is 0.996. The first-order valence-corrected chi connectivity index (χ1v) is 11.2. The van der Waals surface area contributed by atoms with Crippen molar-refractivity contribution < 1.29 is 22.8 Å². The molecule has 1 unspecified atom stereocenters. The maximum Gasteiger partial charge on any atom is 0.435 e. The molecule has 0 bridgehead atoms. The molecule has 0 radical (unpaired) electrons. The van der Waals surface area contributed by atoms with Crippen LogP contribution in [0.25, 0.3) is 0 Å². The molecule has 1 saturated heterocycles. The van der Waals surface area contributed by atoms with Crippen LogP contribution in [0, 0.1) is 5.92 Å². The van der Waals surface area contributed by atoms with Crippen LogP contribution < -0.4 is 10.2 Å². The smallest absolute Gasteiger partial charge is 0.374 e. The molecular formula is C21H16Cl4F3N3O2. The van der Waals surface area contributed by atoms with E-state index in [1.54, 1.807) is 19.2 Å². The first-order valence-electron chi connectivity index (χ1n) is 9.70. The van der Waals surface area contributed by atoms with Gasteiger partial charge in [0.1, 0.15) is 0 Å². The van der Waals surface area contributed by atoms with E-state index < -0.39 is 18.2 Å². The quantitative estimate of drug-likeness (QED) is 0.479. The largest absolute Gasteiger partial charge is 0.435 e. The van der Waals surface area contributed by atoms with Crippen molar-refractivity contribution in [2.24, 2.45) is 11.1 Å². The van der Waals surface area contributed by atoms with Gasteiger partial charge in [-0.15, -0.1) is 0 Å². The average Bonchev–Trinajstić information content (AvgIpc) is 3.18. The normalized spacial score (nSPS) is 20.8. The standard InChI is InChI=1S/C21H16Cl4F3N3O2/c1-29-19(32)11-8-31(9-11)17-3-2-10(4-13(17)22)16-7-20(33-30-16,21(26,27)28)12-5-14(23)18(25)15(24)6-12/h2-6,11H,7-9H2,1H3,(H,29,32). The van der Waals surface area contributed by atoms with E-state index in [4.69, 9.17) is 51.2 Å². The molecule has 12 heteroatoms. The van der Waals surface area contributed by atoms with Crippen LogP contribution in [-0.2, 0) is 15.2 Å². The average molecular weight is 541 g/mol. The van der Waals surface area contributed by atoms with Crippen LogP contribution in [-0.4, -0.2) is 37.9 Å². The van der Waals surface area contributed by atoms with Crippen molar-refractivity contribution >= 4 is 63.7 Å². The Bertz CT molecular complexity index is 1130. The lowest BCUT2D eigenvalue weighted by Gasteiger charge is -2.40. The van der Waals surface area contributed by atoms with Gasteiger partial charge in [-0.1, -0.05) is 57.6 Å². The van der Waals surface area contributed by atoms with Gasteiger partial charge < -0.3 is 15.1 Å². The molecule has 2 heterocycles. The number of rotatable bonds is 4. The molecule has 33 heavy (non-hydrogen) atoms. The highest BCUT2D eigenvalue weighted by molar-refractivity contribution is 6.48. The molecule has 0 saturated carbocycles. The summed E-state index contributed by atoms with van der Waals surface area (Å²) in [7, 11) is 1.57. The first-order chi connectivity index (χ1) is 15.5. The molecule has 0 aromatic heterocycles. The van der Waals surface area contributed by atoms with Crippen LogP contribution in [0.4, 0.5) is 18.9 Å². The molecule has 1 N–H and O–H groups in total. The van der Waals surface area contributed by atoms with E-state index in [0.29, 0.717) is 29.4 Å². The lowest BCUT2D eigenvalue weighted by atomic mass is 9.86. The summed E-state index contributed by atoms with van der Waals surface area (Å²) in [5.41, 5.74) is -1.96. The number of benzene rings is 2. The van der Waals surface area contributed by atoms with Crippen molar-refractivity contribution in [3.8, 4) is 0 Å². The number of alkyl halides is 3. The van der Waals surface area contributed by atoms with Crippen LogP contribution in [0.1, 0.15) is 17.5 Å². The van der Waals surface area contributed by atoms with Crippen molar-refractivity contribution in [3.05, 3.63) is 61.5 Å². The van der Waals surface area contributed by atoms with Crippen LogP contribution in [0.5, 0.6) is 0 Å². The second kappa shape index (κ2) is 8.73. The maximum absolute atomic E-state index is 14.2. The molecule has 176 valence electrons. The van der Waals surface area contributed by atoms with Crippen molar-refractivity contribution in [2.75, 3.05) is 25.0 Å². The van der Waals surface area contributed by atoms with Gasteiger partial charge in [0.2, 0.25) is 5.91 Å². The molecular weight excluding hydrogens is 525 g/mol. The molecule has 2 aliphatic heterocycles. The topological polar surface area (TPSA) is 53.9 Å². The van der Waals surface area contributed by atoms with Gasteiger partial charge in [0.05, 0.1) is 37.4 Å². The fourth-order valence-corrected chi connectivity index (χ4v) is 4.73. The lowest BCUT2D eigenvalue weighted by Crippen LogP contribution is -2.53. The number of oxime groups is 1. The third-order valence-electron chi connectivity index (χ3n) is 5.76. The van der Waals surface area contributed by atoms with E-state index in [1.165, 1.54) is 6.07 Å². The lowest BCUT2D eigenvalue weighted by molar-refractivity contribution is -0.275. The number of anilines is 1. The molecule has 2 aromatic carbocycles.